The minimum atomic E-state index is -0.490. The Bertz CT molecular complexity index is 764. The van der Waals surface area contributed by atoms with E-state index in [1.54, 1.807) is 20.2 Å². The minimum Gasteiger partial charge on any atom is -0.496 e. The van der Waals surface area contributed by atoms with E-state index >= 15 is 0 Å². The summed E-state index contributed by atoms with van der Waals surface area (Å²) in [5, 5.41) is 11.3. The standard InChI is InChI=1S/C17H17ClN2O4/c1-19(11-13-9-14(20(22)23)7-8-15(13)18)17(21)10-12-5-3-4-6-16(12)24-2/h3-9H,10-11H2,1-2H3. The van der Waals surface area contributed by atoms with Crippen LogP contribution in [0.1, 0.15) is 11.1 Å². The summed E-state index contributed by atoms with van der Waals surface area (Å²) in [7, 11) is 3.18. The first-order chi connectivity index (χ1) is 11.4. The maximum Gasteiger partial charge on any atom is 0.269 e. The van der Waals surface area contributed by atoms with E-state index in [0.717, 1.165) is 5.56 Å². The molecule has 2 aromatic carbocycles. The number of methoxy groups -OCH3 is 1. The number of hydrogen-bond acceptors (Lipinski definition) is 4. The van der Waals surface area contributed by atoms with Crippen molar-refractivity contribution in [1.29, 1.82) is 0 Å². The SMILES string of the molecule is COc1ccccc1CC(=O)N(C)Cc1cc([N+](=O)[O-])ccc1Cl. The van der Waals surface area contributed by atoms with Crippen molar-refractivity contribution in [2.45, 2.75) is 13.0 Å². The fourth-order valence-corrected chi connectivity index (χ4v) is 2.46. The summed E-state index contributed by atoms with van der Waals surface area (Å²) in [6, 6.07) is 11.5. The molecule has 7 heteroatoms. The molecule has 6 nitrogen and oxygen atoms in total. The first kappa shape index (κ1) is 17.7. The van der Waals surface area contributed by atoms with E-state index in [1.165, 1.54) is 23.1 Å². The van der Waals surface area contributed by atoms with Crippen LogP contribution >= 0.6 is 11.6 Å². The van der Waals surface area contributed by atoms with Crippen molar-refractivity contribution in [3.05, 3.63) is 68.7 Å². The summed E-state index contributed by atoms with van der Waals surface area (Å²) in [5.74, 6) is 0.509. The summed E-state index contributed by atoms with van der Waals surface area (Å²) in [4.78, 5) is 24.3. The van der Waals surface area contributed by atoms with Crippen molar-refractivity contribution < 1.29 is 14.5 Å². The van der Waals surface area contributed by atoms with E-state index < -0.39 is 4.92 Å². The van der Waals surface area contributed by atoms with Gasteiger partial charge in [-0.15, -0.1) is 0 Å². The lowest BCUT2D eigenvalue weighted by molar-refractivity contribution is -0.384. The van der Waals surface area contributed by atoms with Gasteiger partial charge in [0.15, 0.2) is 0 Å². The molecule has 0 aliphatic rings. The number of ether oxygens (including phenoxy) is 1. The number of hydrogen-bond donors (Lipinski definition) is 0. The number of non-ortho nitro benzene ring substituents is 1. The predicted molar refractivity (Wildman–Crippen MR) is 91.3 cm³/mol. The molecule has 0 aliphatic carbocycles. The zero-order valence-electron chi connectivity index (χ0n) is 13.4. The number of likely N-dealkylation sites (N-methyl/N-ethyl adjacent to an activating group) is 1. The molecule has 0 aliphatic heterocycles. The topological polar surface area (TPSA) is 72.7 Å². The first-order valence-electron chi connectivity index (χ1n) is 7.21. The normalized spacial score (nSPS) is 10.3. The van der Waals surface area contributed by atoms with E-state index in [0.29, 0.717) is 16.3 Å². The van der Waals surface area contributed by atoms with Crippen LogP contribution in [0.5, 0.6) is 5.75 Å². The number of halogens is 1. The van der Waals surface area contributed by atoms with Crippen molar-refractivity contribution in [3.63, 3.8) is 0 Å². The van der Waals surface area contributed by atoms with E-state index in [9.17, 15) is 14.9 Å². The van der Waals surface area contributed by atoms with E-state index in [-0.39, 0.29) is 24.6 Å². The van der Waals surface area contributed by atoms with Crippen LogP contribution < -0.4 is 4.74 Å². The molecular weight excluding hydrogens is 332 g/mol. The number of nitro groups is 1. The molecule has 0 bridgehead atoms. The second-order valence-corrected chi connectivity index (χ2v) is 5.68. The lowest BCUT2D eigenvalue weighted by Gasteiger charge is -2.18. The highest BCUT2D eigenvalue weighted by molar-refractivity contribution is 6.31. The van der Waals surface area contributed by atoms with Gasteiger partial charge in [-0.3, -0.25) is 14.9 Å². The van der Waals surface area contributed by atoms with Gasteiger partial charge < -0.3 is 9.64 Å². The maximum absolute atomic E-state index is 12.4. The molecule has 0 aromatic heterocycles. The molecule has 0 radical (unpaired) electrons. The maximum atomic E-state index is 12.4. The molecule has 1 amide bonds. The molecule has 0 heterocycles. The van der Waals surface area contributed by atoms with Crippen LogP contribution in [0.25, 0.3) is 0 Å². The van der Waals surface area contributed by atoms with Gasteiger partial charge in [0, 0.05) is 36.3 Å². The minimum absolute atomic E-state index is 0.0556. The molecule has 2 rings (SSSR count). The fraction of sp³-hybridized carbons (Fsp3) is 0.235. The second kappa shape index (κ2) is 7.79. The second-order valence-electron chi connectivity index (χ2n) is 5.27. The van der Waals surface area contributed by atoms with Gasteiger partial charge >= 0.3 is 0 Å². The predicted octanol–water partition coefficient (Wildman–Crippen LogP) is 3.46. The monoisotopic (exact) mass is 348 g/mol. The molecule has 126 valence electrons. The molecule has 0 spiro atoms. The third kappa shape index (κ3) is 4.23. The van der Waals surface area contributed by atoms with Gasteiger partial charge in [0.05, 0.1) is 18.5 Å². The number of benzene rings is 2. The summed E-state index contributed by atoms with van der Waals surface area (Å²) in [5.41, 5.74) is 1.25. The Hall–Kier alpha value is -2.60. The summed E-state index contributed by atoms with van der Waals surface area (Å²) < 4.78 is 5.24. The van der Waals surface area contributed by atoms with Gasteiger partial charge in [0.1, 0.15) is 5.75 Å². The summed E-state index contributed by atoms with van der Waals surface area (Å²) in [6.45, 7) is 0.189. The quantitative estimate of drug-likeness (QED) is 0.592. The number of nitrogens with zero attached hydrogens (tertiary/aromatic N) is 2. The molecular formula is C17H17ClN2O4. The number of carbonyl (C=O) groups excluding carboxylic acids is 1. The average molecular weight is 349 g/mol. The molecule has 0 saturated heterocycles. The van der Waals surface area contributed by atoms with Gasteiger partial charge in [-0.1, -0.05) is 29.8 Å². The van der Waals surface area contributed by atoms with E-state index in [1.807, 2.05) is 18.2 Å². The first-order valence-corrected chi connectivity index (χ1v) is 7.59. The Morgan fingerprint density at radius 2 is 1.96 bits per heavy atom. The van der Waals surface area contributed by atoms with Crippen molar-refractivity contribution in [2.75, 3.05) is 14.2 Å². The van der Waals surface area contributed by atoms with Crippen LogP contribution in [-0.2, 0) is 17.8 Å². The number of nitro benzene ring substituents is 1. The lowest BCUT2D eigenvalue weighted by Crippen LogP contribution is -2.28. The van der Waals surface area contributed by atoms with Crippen molar-refractivity contribution in [3.8, 4) is 5.75 Å². The zero-order chi connectivity index (χ0) is 17.7. The fourth-order valence-electron chi connectivity index (χ4n) is 2.29. The van der Waals surface area contributed by atoms with Crippen molar-refractivity contribution in [2.24, 2.45) is 0 Å². The number of amides is 1. The molecule has 0 saturated carbocycles. The summed E-state index contributed by atoms with van der Waals surface area (Å²) in [6.07, 6.45) is 0.174. The van der Waals surface area contributed by atoms with E-state index in [2.05, 4.69) is 0 Å². The third-order valence-electron chi connectivity index (χ3n) is 3.61. The molecule has 0 unspecified atom stereocenters. The van der Waals surface area contributed by atoms with Crippen LogP contribution in [0.2, 0.25) is 5.02 Å². The van der Waals surface area contributed by atoms with Gasteiger partial charge in [-0.2, -0.15) is 0 Å². The Morgan fingerprint density at radius 1 is 1.25 bits per heavy atom. The smallest absolute Gasteiger partial charge is 0.269 e. The van der Waals surface area contributed by atoms with Crippen LogP contribution in [0, 0.1) is 10.1 Å². The van der Waals surface area contributed by atoms with Gasteiger partial charge in [0.25, 0.3) is 5.69 Å². The molecule has 24 heavy (non-hydrogen) atoms. The average Bonchev–Trinajstić information content (AvgIpc) is 2.57. The number of rotatable bonds is 6. The van der Waals surface area contributed by atoms with Crippen LogP contribution in [0.3, 0.4) is 0 Å². The van der Waals surface area contributed by atoms with Crippen LogP contribution in [0.4, 0.5) is 5.69 Å². The van der Waals surface area contributed by atoms with Crippen LogP contribution in [-0.4, -0.2) is 29.9 Å². The Kier molecular flexibility index (Phi) is 5.76. The molecule has 0 atom stereocenters. The molecule has 0 fully saturated rings. The highest BCUT2D eigenvalue weighted by Gasteiger charge is 2.16. The Balaban J connectivity index is 2.12. The molecule has 0 N–H and O–H groups in total. The van der Waals surface area contributed by atoms with Gasteiger partial charge in [-0.25, -0.2) is 0 Å². The summed E-state index contributed by atoms with van der Waals surface area (Å²) >= 11 is 6.08. The van der Waals surface area contributed by atoms with Gasteiger partial charge in [0.2, 0.25) is 5.91 Å². The Labute approximate surface area is 144 Å². The largest absolute Gasteiger partial charge is 0.496 e. The Morgan fingerprint density at radius 3 is 2.62 bits per heavy atom. The highest BCUT2D eigenvalue weighted by Crippen LogP contribution is 2.24. The third-order valence-corrected chi connectivity index (χ3v) is 3.98. The van der Waals surface area contributed by atoms with E-state index in [4.69, 9.17) is 16.3 Å². The van der Waals surface area contributed by atoms with Crippen LogP contribution in [0.15, 0.2) is 42.5 Å². The van der Waals surface area contributed by atoms with Gasteiger partial charge in [-0.05, 0) is 17.7 Å². The lowest BCUT2D eigenvalue weighted by atomic mass is 10.1. The van der Waals surface area contributed by atoms with Crippen molar-refractivity contribution >= 4 is 23.2 Å². The number of carbonyl (C=O) groups is 1. The molecule has 2 aromatic rings. The van der Waals surface area contributed by atoms with Crippen molar-refractivity contribution in [1.82, 2.24) is 4.90 Å². The highest BCUT2D eigenvalue weighted by atomic mass is 35.5. The number of para-hydroxylation sites is 1. The zero-order valence-corrected chi connectivity index (χ0v) is 14.1.